The first kappa shape index (κ1) is 23.3. The maximum Gasteiger partial charge on any atom is 0.137 e. The van der Waals surface area contributed by atoms with Gasteiger partial charge in [0.25, 0.3) is 0 Å². The maximum atomic E-state index is 6.68. The highest BCUT2D eigenvalue weighted by atomic mass is 79.9. The molecular weight excluding hydrogens is 688 g/mol. The van der Waals surface area contributed by atoms with Crippen LogP contribution in [0.5, 0.6) is 0 Å². The third-order valence-corrected chi connectivity index (χ3v) is 10.3. The second-order valence-electron chi connectivity index (χ2n) is 10.4. The monoisotopic (exact) mass is 702 g/mol. The standard InChI is InChI=1S/C36H17Br3O/c37-26-15-20-11-14-29-35(31(20)32-21-7-3-1-5-18(21)9-12-23(26)32)36-30(40-29)17-28(39)25-16-27(38)24-13-10-19-6-2-4-8-22(19)33(24)34(25)36/h1-17H. The molecule has 0 aliphatic heterocycles. The highest BCUT2D eigenvalue weighted by Gasteiger charge is 2.21. The van der Waals surface area contributed by atoms with Crippen LogP contribution < -0.4 is 0 Å². The van der Waals surface area contributed by atoms with E-state index in [0.29, 0.717) is 0 Å². The second kappa shape index (κ2) is 8.29. The summed E-state index contributed by atoms with van der Waals surface area (Å²) >= 11 is 11.7. The van der Waals surface area contributed by atoms with Gasteiger partial charge >= 0.3 is 0 Å². The average Bonchev–Trinajstić information content (AvgIpc) is 3.35. The average molecular weight is 705 g/mol. The quantitative estimate of drug-likeness (QED) is 0.143. The first-order chi connectivity index (χ1) is 19.6. The Morgan fingerprint density at radius 3 is 1.60 bits per heavy atom. The molecule has 4 heteroatoms. The van der Waals surface area contributed by atoms with Crippen molar-refractivity contribution in [3.8, 4) is 0 Å². The fourth-order valence-corrected chi connectivity index (χ4v) is 8.37. The Morgan fingerprint density at radius 1 is 0.350 bits per heavy atom. The summed E-state index contributed by atoms with van der Waals surface area (Å²) in [4.78, 5) is 0. The summed E-state index contributed by atoms with van der Waals surface area (Å²) in [7, 11) is 0. The molecule has 0 spiro atoms. The second-order valence-corrected chi connectivity index (χ2v) is 13.0. The Balaban J connectivity index is 1.68. The SMILES string of the molecule is Brc1cc2ccc3oc4cc(Br)c5cc(Br)c6ccc7ccccc7c6c5c4c3c2c2c1ccc1ccccc12. The third kappa shape index (κ3) is 3.02. The van der Waals surface area contributed by atoms with Crippen LogP contribution in [0.15, 0.2) is 121 Å². The highest BCUT2D eigenvalue weighted by Crippen LogP contribution is 2.49. The Morgan fingerprint density at radius 2 is 0.900 bits per heavy atom. The Bertz CT molecular complexity index is 2580. The van der Waals surface area contributed by atoms with E-state index in [4.69, 9.17) is 4.42 Å². The molecule has 9 aromatic rings. The molecule has 1 nitrogen and oxygen atoms in total. The fourth-order valence-electron chi connectivity index (χ4n) is 6.71. The van der Waals surface area contributed by atoms with Gasteiger partial charge in [-0.2, -0.15) is 0 Å². The molecule has 0 unspecified atom stereocenters. The molecule has 0 saturated heterocycles. The zero-order valence-electron chi connectivity index (χ0n) is 20.9. The number of rotatable bonds is 0. The summed E-state index contributed by atoms with van der Waals surface area (Å²) in [6, 6.07) is 37.1. The van der Waals surface area contributed by atoms with E-state index in [1.807, 2.05) is 0 Å². The topological polar surface area (TPSA) is 13.1 Å². The van der Waals surface area contributed by atoms with Crippen LogP contribution in [-0.4, -0.2) is 0 Å². The fraction of sp³-hybridized carbons (Fsp3) is 0. The van der Waals surface area contributed by atoms with Crippen molar-refractivity contribution in [1.82, 2.24) is 0 Å². The smallest absolute Gasteiger partial charge is 0.137 e. The number of fused-ring (bicyclic) bond motifs is 15. The molecule has 0 fully saturated rings. The van der Waals surface area contributed by atoms with E-state index in [2.05, 4.69) is 151 Å². The summed E-state index contributed by atoms with van der Waals surface area (Å²) in [5.41, 5.74) is 1.78. The molecule has 0 aliphatic carbocycles. The Kier molecular flexibility index (Phi) is 4.83. The van der Waals surface area contributed by atoms with Gasteiger partial charge in [-0.25, -0.2) is 0 Å². The molecule has 0 saturated carbocycles. The van der Waals surface area contributed by atoms with Crippen molar-refractivity contribution in [3.05, 3.63) is 117 Å². The Labute approximate surface area is 253 Å². The zero-order valence-corrected chi connectivity index (χ0v) is 25.6. The van der Waals surface area contributed by atoms with Crippen LogP contribution in [0.25, 0.3) is 86.6 Å². The summed E-state index contributed by atoms with van der Waals surface area (Å²) in [5, 5.41) is 16.9. The van der Waals surface area contributed by atoms with Gasteiger partial charge in [0.1, 0.15) is 11.2 Å². The molecule has 0 aliphatic rings. The van der Waals surface area contributed by atoms with Gasteiger partial charge in [0, 0.05) is 35.0 Å². The lowest BCUT2D eigenvalue weighted by Gasteiger charge is -2.14. The largest absolute Gasteiger partial charge is 0.456 e. The lowest BCUT2D eigenvalue weighted by molar-refractivity contribution is 0.669. The van der Waals surface area contributed by atoms with Crippen molar-refractivity contribution in [2.45, 2.75) is 0 Å². The summed E-state index contributed by atoms with van der Waals surface area (Å²) in [6.07, 6.45) is 0. The van der Waals surface area contributed by atoms with Gasteiger partial charge in [-0.15, -0.1) is 0 Å². The van der Waals surface area contributed by atoms with E-state index in [0.717, 1.165) is 40.7 Å². The molecule has 9 rings (SSSR count). The lowest BCUT2D eigenvalue weighted by atomic mass is 9.90. The minimum atomic E-state index is 0.884. The van der Waals surface area contributed by atoms with E-state index in [1.165, 1.54) is 59.2 Å². The van der Waals surface area contributed by atoms with Crippen molar-refractivity contribution in [1.29, 1.82) is 0 Å². The lowest BCUT2D eigenvalue weighted by Crippen LogP contribution is -1.87. The van der Waals surface area contributed by atoms with E-state index in [1.54, 1.807) is 0 Å². The molecule has 0 atom stereocenters. The molecular formula is C36H17Br3O. The number of benzene rings is 8. The number of furan rings is 1. The number of hydrogen-bond acceptors (Lipinski definition) is 1. The zero-order chi connectivity index (χ0) is 26.7. The predicted molar refractivity (Wildman–Crippen MR) is 182 cm³/mol. The van der Waals surface area contributed by atoms with Crippen molar-refractivity contribution in [2.24, 2.45) is 0 Å². The van der Waals surface area contributed by atoms with Gasteiger partial charge in [0.05, 0.1) is 0 Å². The molecule has 188 valence electrons. The third-order valence-electron chi connectivity index (χ3n) is 8.38. The molecule has 0 amide bonds. The molecule has 1 heterocycles. The van der Waals surface area contributed by atoms with Crippen LogP contribution in [0.4, 0.5) is 0 Å². The van der Waals surface area contributed by atoms with Crippen molar-refractivity contribution in [3.63, 3.8) is 0 Å². The Hall–Kier alpha value is -3.44. The maximum absolute atomic E-state index is 6.68. The highest BCUT2D eigenvalue weighted by molar-refractivity contribution is 9.11. The van der Waals surface area contributed by atoms with Crippen molar-refractivity contribution >= 4 is 134 Å². The van der Waals surface area contributed by atoms with Crippen LogP contribution in [0.3, 0.4) is 0 Å². The summed E-state index contributed by atoms with van der Waals surface area (Å²) in [6.45, 7) is 0. The predicted octanol–water partition coefficient (Wildman–Crippen LogP) is 12.8. The van der Waals surface area contributed by atoms with E-state index in [9.17, 15) is 0 Å². The normalized spacial score (nSPS) is 12.4. The molecule has 8 aromatic carbocycles. The van der Waals surface area contributed by atoms with Gasteiger partial charge in [-0.1, -0.05) is 127 Å². The van der Waals surface area contributed by atoms with E-state index < -0.39 is 0 Å². The van der Waals surface area contributed by atoms with Gasteiger partial charge in [0.2, 0.25) is 0 Å². The van der Waals surface area contributed by atoms with Crippen LogP contribution in [0.1, 0.15) is 0 Å². The van der Waals surface area contributed by atoms with Crippen LogP contribution >= 0.6 is 47.8 Å². The minimum absolute atomic E-state index is 0.884. The summed E-state index contributed by atoms with van der Waals surface area (Å²) in [5.74, 6) is 0. The molecule has 40 heavy (non-hydrogen) atoms. The van der Waals surface area contributed by atoms with E-state index >= 15 is 0 Å². The molecule has 0 N–H and O–H groups in total. The van der Waals surface area contributed by atoms with Gasteiger partial charge < -0.3 is 4.42 Å². The first-order valence-corrected chi connectivity index (χ1v) is 15.5. The number of hydrogen-bond donors (Lipinski definition) is 0. The van der Waals surface area contributed by atoms with Crippen LogP contribution in [0, 0.1) is 0 Å². The minimum Gasteiger partial charge on any atom is -0.456 e. The van der Waals surface area contributed by atoms with Gasteiger partial charge in [-0.3, -0.25) is 0 Å². The number of halogens is 3. The molecule has 0 radical (unpaired) electrons. The van der Waals surface area contributed by atoms with Gasteiger partial charge in [0.15, 0.2) is 0 Å². The first-order valence-electron chi connectivity index (χ1n) is 13.1. The summed E-state index contributed by atoms with van der Waals surface area (Å²) < 4.78 is 9.88. The van der Waals surface area contributed by atoms with Crippen LogP contribution in [-0.2, 0) is 0 Å². The van der Waals surface area contributed by atoms with Crippen molar-refractivity contribution in [2.75, 3.05) is 0 Å². The molecule has 1 aromatic heterocycles. The van der Waals surface area contributed by atoms with Gasteiger partial charge in [-0.05, 0) is 78.1 Å². The van der Waals surface area contributed by atoms with E-state index in [-0.39, 0.29) is 0 Å². The van der Waals surface area contributed by atoms with Crippen LogP contribution in [0.2, 0.25) is 0 Å². The molecule has 0 bridgehead atoms. The van der Waals surface area contributed by atoms with Crippen molar-refractivity contribution < 1.29 is 4.42 Å².